The Bertz CT molecular complexity index is 700. The van der Waals surface area contributed by atoms with Gasteiger partial charge in [-0.15, -0.1) is 0 Å². The second kappa shape index (κ2) is 7.82. The van der Waals surface area contributed by atoms with Crippen LogP contribution in [0.15, 0.2) is 30.9 Å². The van der Waals surface area contributed by atoms with Crippen LogP contribution in [0.25, 0.3) is 0 Å². The second-order valence-corrected chi connectivity index (χ2v) is 6.71. The zero-order valence-corrected chi connectivity index (χ0v) is 15.2. The largest absolute Gasteiger partial charge is 0.378 e. The van der Waals surface area contributed by atoms with Crippen LogP contribution < -0.4 is 14.7 Å². The minimum Gasteiger partial charge on any atom is -0.378 e. The lowest BCUT2D eigenvalue weighted by Gasteiger charge is -2.38. The van der Waals surface area contributed by atoms with E-state index in [0.717, 1.165) is 69.8 Å². The summed E-state index contributed by atoms with van der Waals surface area (Å²) < 4.78 is 5.42. The SMILES string of the molecule is CN(c1ccncn1)C1CCN(c2ccnc(N3CCOCC3)n2)CC1. The third kappa shape index (κ3) is 3.70. The van der Waals surface area contributed by atoms with Crippen molar-refractivity contribution in [3.63, 3.8) is 0 Å². The Balaban J connectivity index is 1.39. The van der Waals surface area contributed by atoms with Crippen molar-refractivity contribution >= 4 is 17.6 Å². The number of rotatable bonds is 4. The van der Waals surface area contributed by atoms with E-state index < -0.39 is 0 Å². The van der Waals surface area contributed by atoms with Crippen molar-refractivity contribution in [1.29, 1.82) is 0 Å². The van der Waals surface area contributed by atoms with Crippen molar-refractivity contribution in [2.24, 2.45) is 0 Å². The Morgan fingerprint density at radius 2 is 1.81 bits per heavy atom. The topological polar surface area (TPSA) is 70.5 Å². The zero-order chi connectivity index (χ0) is 17.8. The van der Waals surface area contributed by atoms with Gasteiger partial charge in [0.2, 0.25) is 5.95 Å². The molecule has 26 heavy (non-hydrogen) atoms. The summed E-state index contributed by atoms with van der Waals surface area (Å²) in [6, 6.07) is 4.46. The molecule has 0 aliphatic carbocycles. The minimum absolute atomic E-state index is 0.488. The number of piperidine rings is 1. The van der Waals surface area contributed by atoms with Gasteiger partial charge in [0.15, 0.2) is 0 Å². The molecule has 0 spiro atoms. The Morgan fingerprint density at radius 1 is 1.00 bits per heavy atom. The standard InChI is InChI=1S/C18H25N7O/c1-23(16-2-6-19-14-21-16)15-4-8-24(9-5-15)17-3-7-20-18(22-17)25-10-12-26-13-11-25/h2-3,6-7,14-15H,4-5,8-13H2,1H3. The van der Waals surface area contributed by atoms with E-state index in [1.165, 1.54) is 0 Å². The maximum absolute atomic E-state index is 5.42. The van der Waals surface area contributed by atoms with Gasteiger partial charge in [-0.3, -0.25) is 0 Å². The summed E-state index contributed by atoms with van der Waals surface area (Å²) >= 11 is 0. The molecule has 138 valence electrons. The lowest BCUT2D eigenvalue weighted by atomic mass is 10.0. The summed E-state index contributed by atoms with van der Waals surface area (Å²) in [7, 11) is 2.11. The number of nitrogens with zero attached hydrogens (tertiary/aromatic N) is 7. The summed E-state index contributed by atoms with van der Waals surface area (Å²) in [4.78, 5) is 24.4. The third-order valence-electron chi connectivity index (χ3n) is 5.19. The average Bonchev–Trinajstić information content (AvgIpc) is 2.75. The fourth-order valence-electron chi connectivity index (χ4n) is 3.59. The molecular weight excluding hydrogens is 330 g/mol. The number of hydrogen-bond donors (Lipinski definition) is 0. The Kier molecular flexibility index (Phi) is 5.10. The lowest BCUT2D eigenvalue weighted by molar-refractivity contribution is 0.122. The van der Waals surface area contributed by atoms with E-state index in [0.29, 0.717) is 6.04 Å². The first kappa shape index (κ1) is 17.0. The highest BCUT2D eigenvalue weighted by atomic mass is 16.5. The number of hydrogen-bond acceptors (Lipinski definition) is 8. The molecule has 0 aromatic carbocycles. The van der Waals surface area contributed by atoms with Crippen LogP contribution >= 0.6 is 0 Å². The Hall–Kier alpha value is -2.48. The third-order valence-corrected chi connectivity index (χ3v) is 5.19. The van der Waals surface area contributed by atoms with E-state index in [2.05, 4.69) is 36.7 Å². The molecule has 0 unspecified atom stereocenters. The van der Waals surface area contributed by atoms with E-state index in [9.17, 15) is 0 Å². The van der Waals surface area contributed by atoms with Gasteiger partial charge in [-0.2, -0.15) is 4.98 Å². The van der Waals surface area contributed by atoms with Gasteiger partial charge in [-0.1, -0.05) is 0 Å². The highest BCUT2D eigenvalue weighted by Crippen LogP contribution is 2.24. The molecule has 2 aliphatic heterocycles. The fourth-order valence-corrected chi connectivity index (χ4v) is 3.59. The van der Waals surface area contributed by atoms with Crippen molar-refractivity contribution in [2.45, 2.75) is 18.9 Å². The summed E-state index contributed by atoms with van der Waals surface area (Å²) in [5, 5.41) is 0. The van der Waals surface area contributed by atoms with Gasteiger partial charge in [0, 0.05) is 51.7 Å². The molecule has 4 rings (SSSR count). The summed E-state index contributed by atoms with van der Waals surface area (Å²) in [5.74, 6) is 2.81. The molecule has 0 radical (unpaired) electrons. The first-order valence-corrected chi connectivity index (χ1v) is 9.21. The molecule has 8 nitrogen and oxygen atoms in total. The fraction of sp³-hybridized carbons (Fsp3) is 0.556. The van der Waals surface area contributed by atoms with Crippen molar-refractivity contribution in [2.75, 3.05) is 61.1 Å². The van der Waals surface area contributed by atoms with E-state index in [-0.39, 0.29) is 0 Å². The smallest absolute Gasteiger partial charge is 0.227 e. The number of anilines is 3. The van der Waals surface area contributed by atoms with Crippen LogP contribution in [0.2, 0.25) is 0 Å². The monoisotopic (exact) mass is 355 g/mol. The summed E-state index contributed by atoms with van der Waals surface area (Å²) in [5.41, 5.74) is 0. The Labute approximate surface area is 153 Å². The molecule has 0 amide bonds. The normalized spacial score (nSPS) is 18.8. The highest BCUT2D eigenvalue weighted by Gasteiger charge is 2.24. The molecule has 2 aromatic heterocycles. The maximum Gasteiger partial charge on any atom is 0.227 e. The zero-order valence-electron chi connectivity index (χ0n) is 15.2. The van der Waals surface area contributed by atoms with Crippen molar-refractivity contribution in [3.8, 4) is 0 Å². The van der Waals surface area contributed by atoms with Crippen LogP contribution in [0.1, 0.15) is 12.8 Å². The molecule has 8 heteroatoms. The van der Waals surface area contributed by atoms with Crippen LogP contribution in [0.5, 0.6) is 0 Å². The molecule has 4 heterocycles. The van der Waals surface area contributed by atoms with Gasteiger partial charge in [0.05, 0.1) is 13.2 Å². The molecule has 0 bridgehead atoms. The molecule has 0 N–H and O–H groups in total. The van der Waals surface area contributed by atoms with Crippen LogP contribution in [0.3, 0.4) is 0 Å². The van der Waals surface area contributed by atoms with Crippen molar-refractivity contribution in [1.82, 2.24) is 19.9 Å². The molecule has 2 saturated heterocycles. The number of morpholine rings is 1. The molecule has 2 aliphatic rings. The first-order chi connectivity index (χ1) is 12.8. The van der Waals surface area contributed by atoms with Gasteiger partial charge < -0.3 is 19.4 Å². The van der Waals surface area contributed by atoms with Gasteiger partial charge in [-0.25, -0.2) is 15.0 Å². The lowest BCUT2D eigenvalue weighted by Crippen LogP contribution is -2.44. The van der Waals surface area contributed by atoms with Crippen LogP contribution in [-0.4, -0.2) is 72.4 Å². The van der Waals surface area contributed by atoms with Crippen LogP contribution in [0, 0.1) is 0 Å². The van der Waals surface area contributed by atoms with Crippen molar-refractivity contribution in [3.05, 3.63) is 30.9 Å². The molecule has 0 atom stereocenters. The van der Waals surface area contributed by atoms with Crippen molar-refractivity contribution < 1.29 is 4.74 Å². The molecule has 0 saturated carbocycles. The van der Waals surface area contributed by atoms with Crippen LogP contribution in [-0.2, 0) is 4.74 Å². The van der Waals surface area contributed by atoms with Gasteiger partial charge in [0.25, 0.3) is 0 Å². The van der Waals surface area contributed by atoms with E-state index >= 15 is 0 Å². The molecular formula is C18H25N7O. The van der Waals surface area contributed by atoms with Gasteiger partial charge in [-0.05, 0) is 25.0 Å². The van der Waals surface area contributed by atoms with Gasteiger partial charge in [0.1, 0.15) is 18.0 Å². The minimum atomic E-state index is 0.488. The molecule has 2 fully saturated rings. The van der Waals surface area contributed by atoms with E-state index in [1.54, 1.807) is 12.5 Å². The highest BCUT2D eigenvalue weighted by molar-refractivity contribution is 5.45. The first-order valence-electron chi connectivity index (χ1n) is 9.21. The summed E-state index contributed by atoms with van der Waals surface area (Å²) in [6.45, 7) is 5.17. The molecule has 2 aromatic rings. The quantitative estimate of drug-likeness (QED) is 0.810. The van der Waals surface area contributed by atoms with Crippen LogP contribution in [0.4, 0.5) is 17.6 Å². The van der Waals surface area contributed by atoms with E-state index in [4.69, 9.17) is 9.72 Å². The second-order valence-electron chi connectivity index (χ2n) is 6.71. The van der Waals surface area contributed by atoms with E-state index in [1.807, 2.05) is 18.3 Å². The average molecular weight is 355 g/mol. The van der Waals surface area contributed by atoms with Gasteiger partial charge >= 0.3 is 0 Å². The Morgan fingerprint density at radius 3 is 2.54 bits per heavy atom. The number of ether oxygens (including phenoxy) is 1. The predicted octanol–water partition coefficient (Wildman–Crippen LogP) is 1.21. The summed E-state index contributed by atoms with van der Waals surface area (Å²) in [6.07, 6.45) is 7.43. The predicted molar refractivity (Wildman–Crippen MR) is 101 cm³/mol. The number of aromatic nitrogens is 4. The maximum atomic E-state index is 5.42.